The van der Waals surface area contributed by atoms with Gasteiger partial charge in [-0.3, -0.25) is 9.59 Å². The molecule has 0 aliphatic carbocycles. The van der Waals surface area contributed by atoms with E-state index in [-0.39, 0.29) is 17.7 Å². The molecule has 1 unspecified atom stereocenters. The van der Waals surface area contributed by atoms with E-state index >= 15 is 0 Å². The summed E-state index contributed by atoms with van der Waals surface area (Å²) in [5.74, 6) is 0.127. The van der Waals surface area contributed by atoms with Crippen LogP contribution in [-0.2, 0) is 16.0 Å². The van der Waals surface area contributed by atoms with Gasteiger partial charge in [0.1, 0.15) is 0 Å². The fourth-order valence-electron chi connectivity index (χ4n) is 2.37. The van der Waals surface area contributed by atoms with E-state index in [1.54, 1.807) is 7.05 Å². The van der Waals surface area contributed by atoms with Crippen molar-refractivity contribution < 1.29 is 9.59 Å². The first-order chi connectivity index (χ1) is 11.1. The van der Waals surface area contributed by atoms with E-state index in [4.69, 9.17) is 0 Å². The van der Waals surface area contributed by atoms with Gasteiger partial charge < -0.3 is 10.6 Å². The van der Waals surface area contributed by atoms with Crippen molar-refractivity contribution in [3.05, 3.63) is 65.7 Å². The molecule has 0 spiro atoms. The molecule has 0 heterocycles. The Morgan fingerprint density at radius 3 is 2.22 bits per heavy atom. The standard InChI is InChI=1S/C19H22N2O2/c1-14(16-6-4-3-5-7-16)12-19(23)21-17-10-8-15(9-11-17)13-18(22)20-2/h3-11,14H,12-13H2,1-2H3,(H,20,22)(H,21,23). The van der Waals surface area contributed by atoms with Crippen molar-refractivity contribution >= 4 is 17.5 Å². The third kappa shape index (κ3) is 5.25. The van der Waals surface area contributed by atoms with Crippen LogP contribution < -0.4 is 10.6 Å². The van der Waals surface area contributed by atoms with Gasteiger partial charge in [-0.15, -0.1) is 0 Å². The van der Waals surface area contributed by atoms with Gasteiger partial charge in [-0.2, -0.15) is 0 Å². The number of carbonyl (C=O) groups is 2. The molecule has 0 aliphatic rings. The lowest BCUT2D eigenvalue weighted by molar-refractivity contribution is -0.120. The number of anilines is 1. The van der Waals surface area contributed by atoms with Gasteiger partial charge in [0.2, 0.25) is 11.8 Å². The Labute approximate surface area is 136 Å². The lowest BCUT2D eigenvalue weighted by Gasteiger charge is -2.12. The number of nitrogens with one attached hydrogen (secondary N) is 2. The van der Waals surface area contributed by atoms with Crippen molar-refractivity contribution in [3.63, 3.8) is 0 Å². The number of carbonyl (C=O) groups excluding carboxylic acids is 2. The lowest BCUT2D eigenvalue weighted by atomic mass is 9.97. The fraction of sp³-hybridized carbons (Fsp3) is 0.263. The zero-order valence-electron chi connectivity index (χ0n) is 13.5. The number of hydrogen-bond donors (Lipinski definition) is 2. The summed E-state index contributed by atoms with van der Waals surface area (Å²) in [4.78, 5) is 23.4. The molecule has 0 bridgehead atoms. The first-order valence-corrected chi connectivity index (χ1v) is 7.73. The Morgan fingerprint density at radius 1 is 0.957 bits per heavy atom. The van der Waals surface area contributed by atoms with Gasteiger partial charge in [0, 0.05) is 19.2 Å². The quantitative estimate of drug-likeness (QED) is 0.861. The average Bonchev–Trinajstić information content (AvgIpc) is 2.57. The molecule has 0 saturated heterocycles. The highest BCUT2D eigenvalue weighted by atomic mass is 16.2. The molecule has 2 rings (SSSR count). The zero-order valence-corrected chi connectivity index (χ0v) is 13.5. The third-order valence-corrected chi connectivity index (χ3v) is 3.74. The Bertz CT molecular complexity index is 651. The van der Waals surface area contributed by atoms with Gasteiger partial charge in [0.25, 0.3) is 0 Å². The predicted octanol–water partition coefficient (Wildman–Crippen LogP) is 3.11. The maximum absolute atomic E-state index is 12.1. The maximum atomic E-state index is 12.1. The Kier molecular flexibility index (Phi) is 5.92. The molecule has 0 aliphatic heterocycles. The van der Waals surface area contributed by atoms with Gasteiger partial charge in [-0.25, -0.2) is 0 Å². The van der Waals surface area contributed by atoms with Crippen LogP contribution in [0, 0.1) is 0 Å². The van der Waals surface area contributed by atoms with Crippen LogP contribution in [0.3, 0.4) is 0 Å². The van der Waals surface area contributed by atoms with Crippen LogP contribution in [0.25, 0.3) is 0 Å². The molecule has 2 amide bonds. The largest absolute Gasteiger partial charge is 0.359 e. The molecule has 2 aromatic carbocycles. The van der Waals surface area contributed by atoms with E-state index in [0.717, 1.165) is 16.8 Å². The van der Waals surface area contributed by atoms with Crippen LogP contribution in [-0.4, -0.2) is 18.9 Å². The topological polar surface area (TPSA) is 58.2 Å². The van der Waals surface area contributed by atoms with Gasteiger partial charge in [-0.1, -0.05) is 49.4 Å². The molecule has 4 nitrogen and oxygen atoms in total. The van der Waals surface area contributed by atoms with Gasteiger partial charge in [-0.05, 0) is 29.2 Å². The molecule has 2 aromatic rings. The third-order valence-electron chi connectivity index (χ3n) is 3.74. The number of hydrogen-bond acceptors (Lipinski definition) is 2. The molecule has 0 aromatic heterocycles. The van der Waals surface area contributed by atoms with Crippen LogP contribution in [0.1, 0.15) is 30.4 Å². The van der Waals surface area contributed by atoms with Gasteiger partial charge >= 0.3 is 0 Å². The second-order valence-electron chi connectivity index (χ2n) is 5.61. The van der Waals surface area contributed by atoms with Crippen LogP contribution in [0.15, 0.2) is 54.6 Å². The summed E-state index contributed by atoms with van der Waals surface area (Å²) in [5, 5.41) is 5.49. The van der Waals surface area contributed by atoms with Crippen molar-refractivity contribution in [2.24, 2.45) is 0 Å². The Morgan fingerprint density at radius 2 is 1.61 bits per heavy atom. The van der Waals surface area contributed by atoms with Gasteiger partial charge in [0.05, 0.1) is 6.42 Å². The minimum absolute atomic E-state index is 0.0135. The minimum Gasteiger partial charge on any atom is -0.359 e. The minimum atomic E-state index is -0.0292. The predicted molar refractivity (Wildman–Crippen MR) is 92.3 cm³/mol. The zero-order chi connectivity index (χ0) is 16.7. The molecule has 23 heavy (non-hydrogen) atoms. The number of rotatable bonds is 6. The second kappa shape index (κ2) is 8.13. The molecule has 0 radical (unpaired) electrons. The molecule has 1 atom stereocenters. The Balaban J connectivity index is 1.89. The SMILES string of the molecule is CNC(=O)Cc1ccc(NC(=O)CC(C)c2ccccc2)cc1. The smallest absolute Gasteiger partial charge is 0.224 e. The fourth-order valence-corrected chi connectivity index (χ4v) is 2.37. The average molecular weight is 310 g/mol. The normalized spacial score (nSPS) is 11.6. The maximum Gasteiger partial charge on any atom is 0.224 e. The van der Waals surface area contributed by atoms with Crippen molar-refractivity contribution in [1.82, 2.24) is 5.32 Å². The summed E-state index contributed by atoms with van der Waals surface area (Å²) in [6, 6.07) is 17.3. The first kappa shape index (κ1) is 16.7. The second-order valence-corrected chi connectivity index (χ2v) is 5.61. The summed E-state index contributed by atoms with van der Waals surface area (Å²) in [6.07, 6.45) is 0.778. The molecule has 120 valence electrons. The highest BCUT2D eigenvalue weighted by Crippen LogP contribution is 2.19. The summed E-state index contributed by atoms with van der Waals surface area (Å²) < 4.78 is 0. The number of amides is 2. The number of benzene rings is 2. The molecule has 4 heteroatoms. The molecule has 0 fully saturated rings. The van der Waals surface area contributed by atoms with Gasteiger partial charge in [0.15, 0.2) is 0 Å². The van der Waals surface area contributed by atoms with E-state index in [1.807, 2.05) is 61.5 Å². The van der Waals surface area contributed by atoms with Crippen molar-refractivity contribution in [1.29, 1.82) is 0 Å². The summed E-state index contributed by atoms with van der Waals surface area (Å²) >= 11 is 0. The monoisotopic (exact) mass is 310 g/mol. The molecular weight excluding hydrogens is 288 g/mol. The van der Waals surface area contributed by atoms with Crippen LogP contribution in [0.2, 0.25) is 0 Å². The van der Waals surface area contributed by atoms with E-state index in [2.05, 4.69) is 10.6 Å². The van der Waals surface area contributed by atoms with Crippen molar-refractivity contribution in [2.45, 2.75) is 25.7 Å². The van der Waals surface area contributed by atoms with Crippen molar-refractivity contribution in [2.75, 3.05) is 12.4 Å². The van der Waals surface area contributed by atoms with E-state index in [0.29, 0.717) is 12.8 Å². The summed E-state index contributed by atoms with van der Waals surface area (Å²) in [5.41, 5.74) is 2.82. The van der Waals surface area contributed by atoms with E-state index in [9.17, 15) is 9.59 Å². The Hall–Kier alpha value is -2.62. The van der Waals surface area contributed by atoms with E-state index in [1.165, 1.54) is 0 Å². The van der Waals surface area contributed by atoms with E-state index < -0.39 is 0 Å². The van der Waals surface area contributed by atoms with Crippen LogP contribution in [0.5, 0.6) is 0 Å². The summed E-state index contributed by atoms with van der Waals surface area (Å²) in [7, 11) is 1.62. The highest BCUT2D eigenvalue weighted by molar-refractivity contribution is 5.91. The lowest BCUT2D eigenvalue weighted by Crippen LogP contribution is -2.20. The highest BCUT2D eigenvalue weighted by Gasteiger charge is 2.11. The molecular formula is C19H22N2O2. The van der Waals surface area contributed by atoms with Crippen molar-refractivity contribution in [3.8, 4) is 0 Å². The summed E-state index contributed by atoms with van der Waals surface area (Å²) in [6.45, 7) is 2.04. The first-order valence-electron chi connectivity index (χ1n) is 7.73. The molecule has 2 N–H and O–H groups in total. The number of likely N-dealkylation sites (N-methyl/N-ethyl adjacent to an activating group) is 1. The molecule has 0 saturated carbocycles. The van der Waals surface area contributed by atoms with Crippen LogP contribution in [0.4, 0.5) is 5.69 Å². The van der Waals surface area contributed by atoms with Crippen LogP contribution >= 0.6 is 0 Å².